The van der Waals surface area contributed by atoms with Gasteiger partial charge in [0, 0.05) is 13.1 Å². The average molecular weight is 296 g/mol. The second-order valence-electron chi connectivity index (χ2n) is 5.51. The maximum absolute atomic E-state index is 13.3. The molecule has 0 saturated carbocycles. The molecule has 0 aliphatic carbocycles. The lowest BCUT2D eigenvalue weighted by molar-refractivity contribution is -0.142. The van der Waals surface area contributed by atoms with E-state index in [-0.39, 0.29) is 11.8 Å². The number of carbonyl (C=O) groups excluding carboxylic acids is 1. The third-order valence-electron chi connectivity index (χ3n) is 4.10. The summed E-state index contributed by atoms with van der Waals surface area (Å²) in [7, 11) is 0. The summed E-state index contributed by atoms with van der Waals surface area (Å²) >= 11 is 0. The Kier molecular flexibility index (Phi) is 4.17. The molecule has 0 aromatic heterocycles. The number of hydrogen-bond donors (Lipinski definition) is 1. The van der Waals surface area contributed by atoms with Gasteiger partial charge in [0.2, 0.25) is 5.91 Å². The highest BCUT2D eigenvalue weighted by Gasteiger charge is 2.31. The zero-order valence-corrected chi connectivity index (χ0v) is 11.6. The van der Waals surface area contributed by atoms with Crippen molar-refractivity contribution >= 4 is 5.91 Å². The van der Waals surface area contributed by atoms with Crippen molar-refractivity contribution in [3.8, 4) is 0 Å². The van der Waals surface area contributed by atoms with Gasteiger partial charge in [-0.1, -0.05) is 6.07 Å². The Morgan fingerprint density at radius 2 is 2.19 bits per heavy atom. The summed E-state index contributed by atoms with van der Waals surface area (Å²) in [5, 5.41) is 3.18. The monoisotopic (exact) mass is 296 g/mol. The van der Waals surface area contributed by atoms with E-state index in [0.29, 0.717) is 31.8 Å². The van der Waals surface area contributed by atoms with Gasteiger partial charge in [-0.25, -0.2) is 8.78 Å². The van der Waals surface area contributed by atoms with Crippen LogP contribution in [-0.2, 0) is 9.53 Å². The van der Waals surface area contributed by atoms with E-state index in [1.165, 1.54) is 6.07 Å². The number of carbonyl (C=O) groups is 1. The summed E-state index contributed by atoms with van der Waals surface area (Å²) in [6.45, 7) is 2.94. The summed E-state index contributed by atoms with van der Waals surface area (Å²) in [6, 6.07) is 3.75. The first-order valence-corrected chi connectivity index (χ1v) is 7.21. The highest BCUT2D eigenvalue weighted by Crippen LogP contribution is 2.25. The smallest absolute Gasteiger partial charge is 0.227 e. The molecule has 1 amide bonds. The van der Waals surface area contributed by atoms with Gasteiger partial charge in [0.25, 0.3) is 0 Å². The van der Waals surface area contributed by atoms with E-state index < -0.39 is 17.7 Å². The molecule has 1 aromatic rings. The summed E-state index contributed by atoms with van der Waals surface area (Å²) in [4.78, 5) is 14.2. The van der Waals surface area contributed by atoms with Crippen LogP contribution in [0.5, 0.6) is 0 Å². The van der Waals surface area contributed by atoms with Crippen molar-refractivity contribution in [2.75, 3.05) is 32.8 Å². The van der Waals surface area contributed by atoms with Crippen LogP contribution in [0.4, 0.5) is 8.78 Å². The molecule has 1 N–H and O–H groups in total. The van der Waals surface area contributed by atoms with E-state index in [1.807, 2.05) is 0 Å². The van der Waals surface area contributed by atoms with Gasteiger partial charge < -0.3 is 15.0 Å². The van der Waals surface area contributed by atoms with Crippen LogP contribution < -0.4 is 5.32 Å². The predicted octanol–water partition coefficient (Wildman–Crippen LogP) is 1.47. The van der Waals surface area contributed by atoms with Gasteiger partial charge in [0.05, 0.1) is 19.1 Å². The molecule has 114 valence electrons. The largest absolute Gasteiger partial charge is 0.370 e. The number of nitrogens with zero attached hydrogens (tertiary/aromatic N) is 1. The normalized spacial score (nSPS) is 26.1. The van der Waals surface area contributed by atoms with Crippen molar-refractivity contribution in [1.82, 2.24) is 10.2 Å². The summed E-state index contributed by atoms with van der Waals surface area (Å²) in [6.07, 6.45) is 0.457. The van der Waals surface area contributed by atoms with Gasteiger partial charge in [0.15, 0.2) is 11.6 Å². The molecular weight excluding hydrogens is 278 g/mol. The van der Waals surface area contributed by atoms with Crippen molar-refractivity contribution in [3.05, 3.63) is 35.4 Å². The first-order valence-electron chi connectivity index (χ1n) is 7.21. The fourth-order valence-corrected chi connectivity index (χ4v) is 2.89. The lowest BCUT2D eigenvalue weighted by Crippen LogP contribution is -2.45. The van der Waals surface area contributed by atoms with Crippen LogP contribution >= 0.6 is 0 Å². The van der Waals surface area contributed by atoms with Crippen LogP contribution in [0.3, 0.4) is 0 Å². The number of hydrogen-bond acceptors (Lipinski definition) is 3. The molecule has 2 unspecified atom stereocenters. The van der Waals surface area contributed by atoms with Crippen molar-refractivity contribution in [3.63, 3.8) is 0 Å². The van der Waals surface area contributed by atoms with Crippen LogP contribution in [0, 0.1) is 17.6 Å². The molecule has 0 radical (unpaired) electrons. The van der Waals surface area contributed by atoms with Gasteiger partial charge >= 0.3 is 0 Å². The van der Waals surface area contributed by atoms with E-state index in [4.69, 9.17) is 4.74 Å². The van der Waals surface area contributed by atoms with E-state index in [2.05, 4.69) is 5.32 Å². The quantitative estimate of drug-likeness (QED) is 0.899. The second-order valence-corrected chi connectivity index (χ2v) is 5.51. The van der Waals surface area contributed by atoms with E-state index in [0.717, 1.165) is 25.1 Å². The molecule has 3 rings (SSSR count). The molecule has 2 aliphatic heterocycles. The number of nitrogens with one attached hydrogen (secondary N) is 1. The first-order chi connectivity index (χ1) is 10.1. The van der Waals surface area contributed by atoms with Gasteiger partial charge in [0.1, 0.15) is 6.10 Å². The van der Waals surface area contributed by atoms with Crippen LogP contribution in [0.25, 0.3) is 0 Å². The highest BCUT2D eigenvalue weighted by molar-refractivity contribution is 5.79. The van der Waals surface area contributed by atoms with E-state index in [9.17, 15) is 13.6 Å². The van der Waals surface area contributed by atoms with Crippen LogP contribution in [0.15, 0.2) is 18.2 Å². The zero-order chi connectivity index (χ0) is 14.8. The van der Waals surface area contributed by atoms with Crippen LogP contribution in [0.1, 0.15) is 18.1 Å². The second kappa shape index (κ2) is 6.07. The number of ether oxygens (including phenoxy) is 1. The van der Waals surface area contributed by atoms with Gasteiger partial charge in [-0.15, -0.1) is 0 Å². The molecular formula is C15H18F2N2O2. The minimum absolute atomic E-state index is 0.0219. The standard InChI is InChI=1S/C15H18F2N2O2/c16-12-2-1-10(7-13(12)17)14-9-19(5-6-21-14)15(20)11-3-4-18-8-11/h1-2,7,11,14,18H,3-6,8-9H2. The molecule has 4 nitrogen and oxygen atoms in total. The van der Waals surface area contributed by atoms with Crippen molar-refractivity contribution in [1.29, 1.82) is 0 Å². The minimum Gasteiger partial charge on any atom is -0.370 e. The Balaban J connectivity index is 1.70. The van der Waals surface area contributed by atoms with E-state index >= 15 is 0 Å². The van der Waals surface area contributed by atoms with Crippen molar-refractivity contribution in [2.45, 2.75) is 12.5 Å². The molecule has 2 atom stereocenters. The summed E-state index contributed by atoms with van der Waals surface area (Å²) in [5.74, 6) is -1.62. The maximum atomic E-state index is 13.3. The van der Waals surface area contributed by atoms with E-state index in [1.54, 1.807) is 4.90 Å². The Labute approximate surface area is 122 Å². The van der Waals surface area contributed by atoms with Crippen molar-refractivity contribution in [2.24, 2.45) is 5.92 Å². The molecule has 2 aliphatic rings. The topological polar surface area (TPSA) is 41.6 Å². The van der Waals surface area contributed by atoms with Crippen LogP contribution in [-0.4, -0.2) is 43.6 Å². The molecule has 2 fully saturated rings. The fraction of sp³-hybridized carbons (Fsp3) is 0.533. The summed E-state index contributed by atoms with van der Waals surface area (Å²) in [5.41, 5.74) is 0.566. The molecule has 1 aromatic carbocycles. The predicted molar refractivity (Wildman–Crippen MR) is 72.6 cm³/mol. The third-order valence-corrected chi connectivity index (χ3v) is 4.10. The van der Waals surface area contributed by atoms with Gasteiger partial charge in [-0.05, 0) is 30.7 Å². The molecule has 2 saturated heterocycles. The number of amides is 1. The first kappa shape index (κ1) is 14.4. The average Bonchev–Trinajstić information content (AvgIpc) is 3.04. The number of halogens is 2. The highest BCUT2D eigenvalue weighted by atomic mass is 19.2. The Morgan fingerprint density at radius 3 is 2.90 bits per heavy atom. The number of morpholine rings is 1. The fourth-order valence-electron chi connectivity index (χ4n) is 2.89. The van der Waals surface area contributed by atoms with Gasteiger partial charge in [-0.2, -0.15) is 0 Å². The Morgan fingerprint density at radius 1 is 1.33 bits per heavy atom. The molecule has 6 heteroatoms. The SMILES string of the molecule is O=C(C1CCNC1)N1CCOC(c2ccc(F)c(F)c2)C1. The number of benzene rings is 1. The molecule has 0 bridgehead atoms. The number of rotatable bonds is 2. The third kappa shape index (κ3) is 3.06. The molecule has 21 heavy (non-hydrogen) atoms. The maximum Gasteiger partial charge on any atom is 0.227 e. The van der Waals surface area contributed by atoms with Gasteiger partial charge in [-0.3, -0.25) is 4.79 Å². The Bertz CT molecular complexity index is 532. The van der Waals surface area contributed by atoms with Crippen molar-refractivity contribution < 1.29 is 18.3 Å². The van der Waals surface area contributed by atoms with Crippen LogP contribution in [0.2, 0.25) is 0 Å². The lowest BCUT2D eigenvalue weighted by atomic mass is 10.0. The summed E-state index contributed by atoms with van der Waals surface area (Å²) < 4.78 is 31.9. The zero-order valence-electron chi connectivity index (χ0n) is 11.6. The molecule has 0 spiro atoms. The minimum atomic E-state index is -0.889. The lowest BCUT2D eigenvalue weighted by Gasteiger charge is -2.34. The Hall–Kier alpha value is -1.53. The molecule has 2 heterocycles.